The molecule has 1 aliphatic heterocycles. The Morgan fingerprint density at radius 1 is 1.33 bits per heavy atom. The van der Waals surface area contributed by atoms with E-state index in [0.29, 0.717) is 23.1 Å². The van der Waals surface area contributed by atoms with Gasteiger partial charge in [0.2, 0.25) is 0 Å². The van der Waals surface area contributed by atoms with E-state index in [1.807, 2.05) is 6.92 Å². The van der Waals surface area contributed by atoms with Crippen molar-refractivity contribution < 1.29 is 23.8 Å². The Bertz CT molecular complexity index is 888. The number of benzene rings is 1. The summed E-state index contributed by atoms with van der Waals surface area (Å²) in [6, 6.07) is 7.25. The first kappa shape index (κ1) is 19.0. The Kier molecular flexibility index (Phi) is 5.56. The van der Waals surface area contributed by atoms with Crippen LogP contribution in [-0.4, -0.2) is 35.4 Å². The van der Waals surface area contributed by atoms with E-state index in [2.05, 4.69) is 0 Å². The minimum Gasteiger partial charge on any atom is -0.507 e. The number of carbonyl (C=O) groups is 2. The Hall–Kier alpha value is -2.73. The third kappa shape index (κ3) is 3.45. The number of ketones is 1. The molecule has 1 fully saturated rings. The SMILES string of the molecule is CCCCN1C(=O)C(=O)/C(=C(\O)c2cc(Cl)ccc2OC)C1c1ccco1. The zero-order chi connectivity index (χ0) is 19.6. The smallest absolute Gasteiger partial charge is 0.295 e. The lowest BCUT2D eigenvalue weighted by Gasteiger charge is -2.23. The van der Waals surface area contributed by atoms with E-state index in [1.165, 1.54) is 24.3 Å². The number of carbonyl (C=O) groups excluding carboxylic acids is 2. The summed E-state index contributed by atoms with van der Waals surface area (Å²) < 4.78 is 10.7. The summed E-state index contributed by atoms with van der Waals surface area (Å²) >= 11 is 6.05. The van der Waals surface area contributed by atoms with E-state index in [4.69, 9.17) is 20.8 Å². The maximum atomic E-state index is 12.8. The second kappa shape index (κ2) is 7.88. The molecule has 0 saturated carbocycles. The fourth-order valence-electron chi connectivity index (χ4n) is 3.19. The Morgan fingerprint density at radius 3 is 2.74 bits per heavy atom. The molecule has 1 N–H and O–H groups in total. The molecule has 0 radical (unpaired) electrons. The van der Waals surface area contributed by atoms with Crippen LogP contribution >= 0.6 is 11.6 Å². The number of methoxy groups -OCH3 is 1. The first-order valence-corrected chi connectivity index (χ1v) is 9.03. The van der Waals surface area contributed by atoms with Gasteiger partial charge in [0.1, 0.15) is 23.3 Å². The zero-order valence-electron chi connectivity index (χ0n) is 15.1. The molecular formula is C20H20ClNO5. The summed E-state index contributed by atoms with van der Waals surface area (Å²) in [5.41, 5.74) is 0.210. The van der Waals surface area contributed by atoms with E-state index in [1.54, 1.807) is 24.3 Å². The molecule has 2 heterocycles. The first-order valence-electron chi connectivity index (χ1n) is 8.65. The molecule has 0 aliphatic carbocycles. The van der Waals surface area contributed by atoms with Crippen LogP contribution in [0, 0.1) is 0 Å². The Labute approximate surface area is 162 Å². The zero-order valence-corrected chi connectivity index (χ0v) is 15.8. The fourth-order valence-corrected chi connectivity index (χ4v) is 3.36. The van der Waals surface area contributed by atoms with Gasteiger partial charge in [0.05, 0.1) is 24.5 Å². The van der Waals surface area contributed by atoms with Crippen LogP contribution in [0.5, 0.6) is 5.75 Å². The van der Waals surface area contributed by atoms with E-state index in [9.17, 15) is 14.7 Å². The number of likely N-dealkylation sites (tertiary alicyclic amines) is 1. The quantitative estimate of drug-likeness (QED) is 0.455. The van der Waals surface area contributed by atoms with Gasteiger partial charge in [-0.05, 0) is 36.8 Å². The van der Waals surface area contributed by atoms with E-state index in [0.717, 1.165) is 12.8 Å². The molecule has 1 saturated heterocycles. The molecule has 1 aromatic heterocycles. The number of rotatable bonds is 6. The van der Waals surface area contributed by atoms with Crippen molar-refractivity contribution in [3.05, 3.63) is 58.5 Å². The number of Topliss-reactive ketones (excluding diaryl/α,β-unsaturated/α-hetero) is 1. The highest BCUT2D eigenvalue weighted by Crippen LogP contribution is 2.41. The summed E-state index contributed by atoms with van der Waals surface area (Å²) in [6.07, 6.45) is 3.05. The minimum atomic E-state index is -0.796. The van der Waals surface area contributed by atoms with Crippen molar-refractivity contribution in [3.8, 4) is 5.75 Å². The van der Waals surface area contributed by atoms with Gasteiger partial charge in [-0.1, -0.05) is 24.9 Å². The number of aliphatic hydroxyl groups is 1. The summed E-state index contributed by atoms with van der Waals surface area (Å²) in [6.45, 7) is 2.38. The molecular weight excluding hydrogens is 370 g/mol. The molecule has 1 aliphatic rings. The summed E-state index contributed by atoms with van der Waals surface area (Å²) in [5.74, 6) is -1.00. The highest BCUT2D eigenvalue weighted by atomic mass is 35.5. The lowest BCUT2D eigenvalue weighted by molar-refractivity contribution is -0.140. The standard InChI is InChI=1S/C20H20ClNO5/c1-3-4-9-22-17(15-6-5-10-27-15)16(19(24)20(22)25)18(23)13-11-12(21)7-8-14(13)26-2/h5-8,10-11,17,23H,3-4,9H2,1-2H3/b18-16-. The molecule has 27 heavy (non-hydrogen) atoms. The number of amides is 1. The van der Waals surface area contributed by atoms with Gasteiger partial charge in [0.15, 0.2) is 0 Å². The summed E-state index contributed by atoms with van der Waals surface area (Å²) in [7, 11) is 1.45. The van der Waals surface area contributed by atoms with Gasteiger partial charge < -0.3 is 19.2 Å². The number of ether oxygens (including phenoxy) is 1. The maximum Gasteiger partial charge on any atom is 0.295 e. The lowest BCUT2D eigenvalue weighted by Crippen LogP contribution is -2.30. The fraction of sp³-hybridized carbons (Fsp3) is 0.300. The van der Waals surface area contributed by atoms with Crippen molar-refractivity contribution in [2.75, 3.05) is 13.7 Å². The van der Waals surface area contributed by atoms with Gasteiger partial charge in [-0.15, -0.1) is 0 Å². The van der Waals surface area contributed by atoms with Gasteiger partial charge in [0.25, 0.3) is 11.7 Å². The lowest BCUT2D eigenvalue weighted by atomic mass is 9.98. The predicted molar refractivity (Wildman–Crippen MR) is 101 cm³/mol. The number of hydrogen-bond donors (Lipinski definition) is 1. The van der Waals surface area contributed by atoms with Crippen molar-refractivity contribution in [2.45, 2.75) is 25.8 Å². The molecule has 7 heteroatoms. The summed E-state index contributed by atoms with van der Waals surface area (Å²) in [4.78, 5) is 26.8. The van der Waals surface area contributed by atoms with Crippen molar-refractivity contribution in [1.82, 2.24) is 4.90 Å². The van der Waals surface area contributed by atoms with Crippen LogP contribution in [-0.2, 0) is 9.59 Å². The molecule has 1 amide bonds. The largest absolute Gasteiger partial charge is 0.507 e. The normalized spacial score (nSPS) is 18.9. The van der Waals surface area contributed by atoms with Gasteiger partial charge >= 0.3 is 0 Å². The molecule has 3 rings (SSSR count). The van der Waals surface area contributed by atoms with Crippen molar-refractivity contribution in [1.29, 1.82) is 0 Å². The summed E-state index contributed by atoms with van der Waals surface area (Å²) in [5, 5.41) is 11.3. The maximum absolute atomic E-state index is 12.8. The average Bonchev–Trinajstić information content (AvgIpc) is 3.27. The van der Waals surface area contributed by atoms with Crippen LogP contribution in [0.2, 0.25) is 5.02 Å². The highest BCUT2D eigenvalue weighted by molar-refractivity contribution is 6.46. The molecule has 0 bridgehead atoms. The molecule has 2 aromatic rings. The van der Waals surface area contributed by atoms with Gasteiger partial charge in [-0.2, -0.15) is 0 Å². The average molecular weight is 390 g/mol. The molecule has 1 atom stereocenters. The van der Waals surface area contributed by atoms with Crippen LogP contribution in [0.3, 0.4) is 0 Å². The van der Waals surface area contributed by atoms with Crippen LogP contribution in [0.1, 0.15) is 37.1 Å². The van der Waals surface area contributed by atoms with Gasteiger partial charge in [0, 0.05) is 11.6 Å². The van der Waals surface area contributed by atoms with Gasteiger partial charge in [-0.25, -0.2) is 0 Å². The van der Waals surface area contributed by atoms with Crippen LogP contribution < -0.4 is 4.74 Å². The third-order valence-corrected chi connectivity index (χ3v) is 4.76. The minimum absolute atomic E-state index is 0.0355. The van der Waals surface area contributed by atoms with Crippen molar-refractivity contribution in [2.24, 2.45) is 0 Å². The number of nitrogens with zero attached hydrogens (tertiary/aromatic N) is 1. The third-order valence-electron chi connectivity index (χ3n) is 4.52. The second-order valence-electron chi connectivity index (χ2n) is 6.21. The Morgan fingerprint density at radius 2 is 2.11 bits per heavy atom. The topological polar surface area (TPSA) is 80.0 Å². The number of halogens is 1. The van der Waals surface area contributed by atoms with Crippen LogP contribution in [0.25, 0.3) is 5.76 Å². The Balaban J connectivity index is 2.19. The molecule has 142 valence electrons. The molecule has 0 spiro atoms. The van der Waals surface area contributed by atoms with Crippen molar-refractivity contribution in [3.63, 3.8) is 0 Å². The number of hydrogen-bond acceptors (Lipinski definition) is 5. The van der Waals surface area contributed by atoms with Gasteiger partial charge in [-0.3, -0.25) is 9.59 Å². The molecule has 1 unspecified atom stereocenters. The predicted octanol–water partition coefficient (Wildman–Crippen LogP) is 4.16. The van der Waals surface area contributed by atoms with E-state index in [-0.39, 0.29) is 16.9 Å². The number of furan rings is 1. The molecule has 1 aromatic carbocycles. The second-order valence-corrected chi connectivity index (χ2v) is 6.64. The molecule has 6 nitrogen and oxygen atoms in total. The first-order chi connectivity index (χ1) is 13.0. The highest BCUT2D eigenvalue weighted by Gasteiger charge is 2.47. The van der Waals surface area contributed by atoms with Crippen molar-refractivity contribution >= 4 is 29.1 Å². The van der Waals surface area contributed by atoms with Crippen LogP contribution in [0.15, 0.2) is 46.6 Å². The monoisotopic (exact) mass is 389 g/mol. The van der Waals surface area contributed by atoms with Crippen LogP contribution in [0.4, 0.5) is 0 Å². The van der Waals surface area contributed by atoms with E-state index < -0.39 is 17.7 Å². The number of unbranched alkanes of at least 4 members (excludes halogenated alkanes) is 1. The number of aliphatic hydroxyl groups excluding tert-OH is 1. The van der Waals surface area contributed by atoms with E-state index >= 15 is 0 Å².